The summed E-state index contributed by atoms with van der Waals surface area (Å²) in [5.41, 5.74) is 0.585. The fourth-order valence-electron chi connectivity index (χ4n) is 1.25. The molecule has 0 fully saturated rings. The molecular weight excluding hydrogens is 349 g/mol. The number of hydrogen-bond donors (Lipinski definition) is 0. The Labute approximate surface area is 117 Å². The number of hydrogen-bond acceptors (Lipinski definition) is 5. The van der Waals surface area contributed by atoms with Crippen LogP contribution in [-0.2, 0) is 16.1 Å². The first-order chi connectivity index (χ1) is 8.63. The number of carbonyl (C=O) groups excluding carboxylic acids is 1. The van der Waals surface area contributed by atoms with Gasteiger partial charge in [0, 0.05) is 12.1 Å². The Morgan fingerprint density at radius 3 is 3.00 bits per heavy atom. The van der Waals surface area contributed by atoms with Crippen LogP contribution < -0.4 is 0 Å². The van der Waals surface area contributed by atoms with E-state index in [9.17, 15) is 4.79 Å². The van der Waals surface area contributed by atoms with Crippen LogP contribution in [0.2, 0.25) is 0 Å². The van der Waals surface area contributed by atoms with Crippen molar-refractivity contribution in [2.45, 2.75) is 13.5 Å². The fourth-order valence-corrected chi connectivity index (χ4v) is 1.68. The smallest absolute Gasteiger partial charge is 0.331 e. The van der Waals surface area contributed by atoms with Crippen LogP contribution in [0.5, 0.6) is 0 Å². The highest BCUT2D eigenvalue weighted by Crippen LogP contribution is 2.11. The molecule has 18 heavy (non-hydrogen) atoms. The Balaban J connectivity index is 1.83. The van der Waals surface area contributed by atoms with E-state index in [0.29, 0.717) is 17.2 Å². The molecule has 94 valence electrons. The first-order valence-corrected chi connectivity index (χ1v) is 6.24. The van der Waals surface area contributed by atoms with Gasteiger partial charge in [-0.3, -0.25) is 0 Å². The van der Waals surface area contributed by atoms with Gasteiger partial charge in [-0.25, -0.2) is 4.79 Å². The minimum atomic E-state index is -0.456. The molecule has 0 N–H and O–H groups in total. The van der Waals surface area contributed by atoms with Crippen LogP contribution in [0.4, 0.5) is 0 Å². The maximum Gasteiger partial charge on any atom is 0.331 e. The van der Waals surface area contributed by atoms with Crippen molar-refractivity contribution in [1.29, 1.82) is 0 Å². The summed E-state index contributed by atoms with van der Waals surface area (Å²) in [6.45, 7) is 1.87. The Hall–Kier alpha value is -1.57. The van der Waals surface area contributed by atoms with Gasteiger partial charge >= 0.3 is 5.97 Å². The second-order valence-corrected chi connectivity index (χ2v) is 4.58. The summed E-state index contributed by atoms with van der Waals surface area (Å²) in [7, 11) is 0. The van der Waals surface area contributed by atoms with Crippen LogP contribution in [0, 0.1) is 10.7 Å². The summed E-state index contributed by atoms with van der Waals surface area (Å²) in [5.74, 6) is 0.831. The summed E-state index contributed by atoms with van der Waals surface area (Å²) in [4.78, 5) is 11.4. The second kappa shape index (κ2) is 5.85. The molecule has 0 aliphatic heterocycles. The molecule has 0 aromatic carbocycles. The molecule has 5 nitrogen and oxygen atoms in total. The molecule has 0 aliphatic rings. The molecule has 0 radical (unpaired) electrons. The lowest BCUT2D eigenvalue weighted by atomic mass is 10.4. The monoisotopic (exact) mass is 359 g/mol. The maximum atomic E-state index is 11.4. The summed E-state index contributed by atoms with van der Waals surface area (Å²) in [6.07, 6.45) is 2.86. The quantitative estimate of drug-likeness (QED) is 0.477. The highest BCUT2D eigenvalue weighted by molar-refractivity contribution is 14.1. The fraction of sp³-hybridized carbons (Fsp3) is 0.167. The highest BCUT2D eigenvalue weighted by Gasteiger charge is 2.03. The lowest BCUT2D eigenvalue weighted by molar-refractivity contribution is -0.139. The summed E-state index contributed by atoms with van der Waals surface area (Å²) < 4.78 is 15.9. The molecule has 2 aromatic rings. The molecule has 0 atom stereocenters. The summed E-state index contributed by atoms with van der Waals surface area (Å²) in [6, 6.07) is 5.29. The Morgan fingerprint density at radius 2 is 2.39 bits per heavy atom. The first-order valence-electron chi connectivity index (χ1n) is 5.16. The molecular formula is C12H10INO4. The zero-order chi connectivity index (χ0) is 13.0. The largest absolute Gasteiger partial charge is 0.456 e. The van der Waals surface area contributed by atoms with Gasteiger partial charge in [0.15, 0.2) is 3.77 Å². The number of ether oxygens (including phenoxy) is 1. The van der Waals surface area contributed by atoms with Crippen LogP contribution in [-0.4, -0.2) is 11.1 Å². The van der Waals surface area contributed by atoms with E-state index < -0.39 is 5.97 Å². The summed E-state index contributed by atoms with van der Waals surface area (Å²) in [5, 5.41) is 3.71. The third-order valence-electron chi connectivity index (χ3n) is 2.02. The van der Waals surface area contributed by atoms with Crippen molar-refractivity contribution in [2.24, 2.45) is 0 Å². The van der Waals surface area contributed by atoms with Crippen LogP contribution in [0.3, 0.4) is 0 Å². The van der Waals surface area contributed by atoms with Crippen LogP contribution in [0.15, 0.2) is 33.2 Å². The summed E-state index contributed by atoms with van der Waals surface area (Å²) >= 11 is 2.05. The minimum Gasteiger partial charge on any atom is -0.456 e. The number of nitrogens with zero attached hydrogens (tertiary/aromatic N) is 1. The number of rotatable bonds is 4. The first kappa shape index (κ1) is 12.9. The van der Waals surface area contributed by atoms with E-state index in [1.54, 1.807) is 25.1 Å². The third kappa shape index (κ3) is 3.73. The Morgan fingerprint density at radius 1 is 1.56 bits per heavy atom. The van der Waals surface area contributed by atoms with E-state index in [1.807, 2.05) is 28.7 Å². The van der Waals surface area contributed by atoms with Crippen molar-refractivity contribution in [2.75, 3.05) is 0 Å². The predicted octanol–water partition coefficient (Wildman–Crippen LogP) is 2.94. The Kier molecular flexibility index (Phi) is 4.19. The molecule has 6 heteroatoms. The van der Waals surface area contributed by atoms with Crippen molar-refractivity contribution >= 4 is 34.6 Å². The molecule has 0 saturated carbocycles. The lowest BCUT2D eigenvalue weighted by Gasteiger charge is -1.96. The molecule has 0 amide bonds. The normalized spacial score (nSPS) is 11.0. The van der Waals surface area contributed by atoms with Gasteiger partial charge < -0.3 is 13.7 Å². The number of aromatic nitrogens is 1. The van der Waals surface area contributed by atoms with E-state index in [4.69, 9.17) is 13.7 Å². The number of halogens is 1. The van der Waals surface area contributed by atoms with Gasteiger partial charge in [-0.2, -0.15) is 0 Å². The number of furan rings is 1. The van der Waals surface area contributed by atoms with E-state index in [0.717, 1.165) is 3.77 Å². The van der Waals surface area contributed by atoms with Crippen molar-refractivity contribution in [3.05, 3.63) is 45.3 Å². The van der Waals surface area contributed by atoms with E-state index in [-0.39, 0.29) is 6.61 Å². The average Bonchev–Trinajstić information content (AvgIpc) is 2.93. The standard InChI is InChI=1S/C12H10INO4/c1-8-6-9(14-18-8)7-16-12(15)5-3-10-2-4-11(13)17-10/h2-6H,7H2,1H3/b5-3+. The number of esters is 1. The van der Waals surface area contributed by atoms with Gasteiger partial charge in [-0.05, 0) is 47.7 Å². The van der Waals surface area contributed by atoms with E-state index in [1.165, 1.54) is 6.08 Å². The van der Waals surface area contributed by atoms with Crippen LogP contribution in [0.1, 0.15) is 17.2 Å². The zero-order valence-corrected chi connectivity index (χ0v) is 11.7. The van der Waals surface area contributed by atoms with Crippen molar-refractivity contribution in [1.82, 2.24) is 5.16 Å². The third-order valence-corrected chi connectivity index (χ3v) is 2.60. The molecule has 0 unspecified atom stereocenters. The maximum absolute atomic E-state index is 11.4. The molecule has 0 bridgehead atoms. The van der Waals surface area contributed by atoms with Crippen molar-refractivity contribution in [3.8, 4) is 0 Å². The van der Waals surface area contributed by atoms with E-state index >= 15 is 0 Å². The molecule has 0 aliphatic carbocycles. The van der Waals surface area contributed by atoms with Gasteiger partial charge in [-0.1, -0.05) is 5.16 Å². The molecule has 0 saturated heterocycles. The molecule has 2 heterocycles. The van der Waals surface area contributed by atoms with Gasteiger partial charge in [0.05, 0.1) is 0 Å². The molecule has 0 spiro atoms. The Bertz CT molecular complexity index is 570. The highest BCUT2D eigenvalue weighted by atomic mass is 127. The number of aryl methyl sites for hydroxylation is 1. The molecule has 2 rings (SSSR count). The number of carbonyl (C=O) groups is 1. The van der Waals surface area contributed by atoms with Gasteiger partial charge in [0.2, 0.25) is 0 Å². The van der Waals surface area contributed by atoms with Gasteiger partial charge in [0.1, 0.15) is 23.8 Å². The predicted molar refractivity (Wildman–Crippen MR) is 71.5 cm³/mol. The molecule has 2 aromatic heterocycles. The minimum absolute atomic E-state index is 0.0935. The van der Waals surface area contributed by atoms with Crippen LogP contribution >= 0.6 is 22.6 Å². The van der Waals surface area contributed by atoms with Gasteiger partial charge in [0.25, 0.3) is 0 Å². The van der Waals surface area contributed by atoms with Crippen molar-refractivity contribution in [3.63, 3.8) is 0 Å². The van der Waals surface area contributed by atoms with E-state index in [2.05, 4.69) is 5.16 Å². The lowest BCUT2D eigenvalue weighted by Crippen LogP contribution is -2.00. The SMILES string of the molecule is Cc1cc(COC(=O)/C=C/c2ccc(I)o2)no1. The average molecular weight is 359 g/mol. The zero-order valence-electron chi connectivity index (χ0n) is 9.55. The second-order valence-electron chi connectivity index (χ2n) is 3.51. The van der Waals surface area contributed by atoms with Crippen LogP contribution in [0.25, 0.3) is 6.08 Å². The topological polar surface area (TPSA) is 65.5 Å². The van der Waals surface area contributed by atoms with Crippen molar-refractivity contribution < 1.29 is 18.5 Å². The van der Waals surface area contributed by atoms with Gasteiger partial charge in [-0.15, -0.1) is 0 Å².